The molecular weight excluding hydrogens is 316 g/mol. The van der Waals surface area contributed by atoms with Crippen molar-refractivity contribution in [1.82, 2.24) is 5.32 Å². The first-order valence-electron chi connectivity index (χ1n) is 9.41. The molecule has 1 heterocycles. The molecule has 3 rings (SSSR count). The van der Waals surface area contributed by atoms with Crippen LogP contribution in [0.25, 0.3) is 0 Å². The van der Waals surface area contributed by atoms with Gasteiger partial charge in [-0.25, -0.2) is 0 Å². The van der Waals surface area contributed by atoms with Crippen molar-refractivity contribution in [2.75, 3.05) is 18.1 Å². The van der Waals surface area contributed by atoms with Crippen molar-refractivity contribution in [3.05, 3.63) is 24.3 Å². The first-order valence-corrected chi connectivity index (χ1v) is 9.41. The maximum absolute atomic E-state index is 12.6. The minimum Gasteiger partial charge on any atom is -0.492 e. The molecule has 2 amide bonds. The number of para-hydroxylation sites is 2. The van der Waals surface area contributed by atoms with Crippen molar-refractivity contribution in [2.24, 2.45) is 11.8 Å². The van der Waals surface area contributed by atoms with E-state index in [0.29, 0.717) is 24.8 Å². The first kappa shape index (κ1) is 17.8. The summed E-state index contributed by atoms with van der Waals surface area (Å²) in [5, 5.41) is 3.17. The molecule has 25 heavy (non-hydrogen) atoms. The lowest BCUT2D eigenvalue weighted by Gasteiger charge is -2.28. The summed E-state index contributed by atoms with van der Waals surface area (Å²) >= 11 is 0. The number of anilines is 1. The Labute approximate surface area is 149 Å². The van der Waals surface area contributed by atoms with Crippen LogP contribution >= 0.6 is 0 Å². The molecule has 1 aromatic carbocycles. The standard InChI is InChI=1S/C20H28N2O3/c1-3-25-18-10-5-4-9-17(18)22-13-15(12-19(22)23)20(24)21-16-8-6-7-14(2)11-16/h4-5,9-10,14-16H,3,6-8,11-13H2,1-2H3,(H,21,24). The van der Waals surface area contributed by atoms with Crippen molar-refractivity contribution < 1.29 is 14.3 Å². The van der Waals surface area contributed by atoms with Gasteiger partial charge < -0.3 is 15.0 Å². The Morgan fingerprint density at radius 1 is 1.32 bits per heavy atom. The summed E-state index contributed by atoms with van der Waals surface area (Å²) in [4.78, 5) is 26.8. The van der Waals surface area contributed by atoms with E-state index in [9.17, 15) is 9.59 Å². The van der Waals surface area contributed by atoms with E-state index in [1.54, 1.807) is 4.90 Å². The van der Waals surface area contributed by atoms with Gasteiger partial charge in [-0.05, 0) is 37.8 Å². The quantitative estimate of drug-likeness (QED) is 0.893. The van der Waals surface area contributed by atoms with Gasteiger partial charge in [0.15, 0.2) is 0 Å². The zero-order valence-corrected chi connectivity index (χ0v) is 15.2. The molecule has 136 valence electrons. The monoisotopic (exact) mass is 344 g/mol. The van der Waals surface area contributed by atoms with Gasteiger partial charge >= 0.3 is 0 Å². The summed E-state index contributed by atoms with van der Waals surface area (Å²) in [5.74, 6) is 1.09. The van der Waals surface area contributed by atoms with Gasteiger partial charge in [0, 0.05) is 19.0 Å². The van der Waals surface area contributed by atoms with Gasteiger partial charge in [-0.3, -0.25) is 9.59 Å². The second-order valence-corrected chi connectivity index (χ2v) is 7.28. The second kappa shape index (κ2) is 7.89. The van der Waals surface area contributed by atoms with Crippen LogP contribution in [0.2, 0.25) is 0 Å². The van der Waals surface area contributed by atoms with Crippen molar-refractivity contribution >= 4 is 17.5 Å². The van der Waals surface area contributed by atoms with E-state index < -0.39 is 0 Å². The SMILES string of the molecule is CCOc1ccccc1N1CC(C(=O)NC2CCCC(C)C2)CC1=O. The number of hydrogen-bond donors (Lipinski definition) is 1. The number of carbonyl (C=O) groups excluding carboxylic acids is 2. The van der Waals surface area contributed by atoms with Crippen molar-refractivity contribution in [2.45, 2.75) is 52.0 Å². The molecule has 3 unspecified atom stereocenters. The van der Waals surface area contributed by atoms with E-state index in [1.807, 2.05) is 31.2 Å². The molecule has 5 heteroatoms. The molecular formula is C20H28N2O3. The summed E-state index contributed by atoms with van der Waals surface area (Å²) in [7, 11) is 0. The molecule has 1 aromatic rings. The van der Waals surface area contributed by atoms with Crippen LogP contribution in [-0.2, 0) is 9.59 Å². The fraction of sp³-hybridized carbons (Fsp3) is 0.600. The molecule has 1 saturated heterocycles. The summed E-state index contributed by atoms with van der Waals surface area (Å²) in [6, 6.07) is 7.79. The average molecular weight is 344 g/mol. The Kier molecular flexibility index (Phi) is 5.61. The van der Waals surface area contributed by atoms with E-state index in [1.165, 1.54) is 12.8 Å². The number of rotatable bonds is 5. The van der Waals surface area contributed by atoms with Crippen LogP contribution < -0.4 is 15.0 Å². The third kappa shape index (κ3) is 4.14. The van der Waals surface area contributed by atoms with Gasteiger partial charge in [-0.15, -0.1) is 0 Å². The zero-order valence-electron chi connectivity index (χ0n) is 15.2. The molecule has 5 nitrogen and oxygen atoms in total. The Morgan fingerprint density at radius 2 is 2.12 bits per heavy atom. The van der Waals surface area contributed by atoms with Crippen molar-refractivity contribution in [1.29, 1.82) is 0 Å². The highest BCUT2D eigenvalue weighted by Crippen LogP contribution is 2.33. The zero-order chi connectivity index (χ0) is 17.8. The summed E-state index contributed by atoms with van der Waals surface area (Å²) < 4.78 is 5.63. The van der Waals surface area contributed by atoms with Gasteiger partial charge in [0.05, 0.1) is 18.2 Å². The molecule has 0 spiro atoms. The Balaban J connectivity index is 1.65. The lowest BCUT2D eigenvalue weighted by atomic mass is 9.87. The lowest BCUT2D eigenvalue weighted by molar-refractivity contribution is -0.127. The molecule has 0 bridgehead atoms. The lowest BCUT2D eigenvalue weighted by Crippen LogP contribution is -2.42. The van der Waals surface area contributed by atoms with Gasteiger partial charge in [-0.2, -0.15) is 0 Å². The number of hydrogen-bond acceptors (Lipinski definition) is 3. The molecule has 2 aliphatic rings. The van der Waals surface area contributed by atoms with Gasteiger partial charge in [0.25, 0.3) is 0 Å². The second-order valence-electron chi connectivity index (χ2n) is 7.28. The molecule has 2 fully saturated rings. The molecule has 1 aliphatic carbocycles. The fourth-order valence-electron chi connectivity index (χ4n) is 3.96. The van der Waals surface area contributed by atoms with Crippen LogP contribution in [0, 0.1) is 11.8 Å². The maximum Gasteiger partial charge on any atom is 0.227 e. The van der Waals surface area contributed by atoms with E-state index >= 15 is 0 Å². The van der Waals surface area contributed by atoms with Crippen LogP contribution in [-0.4, -0.2) is 31.0 Å². The van der Waals surface area contributed by atoms with Crippen LogP contribution in [0.1, 0.15) is 46.0 Å². The highest BCUT2D eigenvalue weighted by Gasteiger charge is 2.37. The molecule has 1 saturated carbocycles. The summed E-state index contributed by atoms with van der Waals surface area (Å²) in [6.07, 6.45) is 4.78. The Hall–Kier alpha value is -2.04. The number of amides is 2. The van der Waals surface area contributed by atoms with Gasteiger partial charge in [-0.1, -0.05) is 31.9 Å². The van der Waals surface area contributed by atoms with Crippen molar-refractivity contribution in [3.8, 4) is 5.75 Å². The highest BCUT2D eigenvalue weighted by atomic mass is 16.5. The normalized spacial score (nSPS) is 26.6. The Morgan fingerprint density at radius 3 is 2.88 bits per heavy atom. The number of carbonyl (C=O) groups is 2. The molecule has 0 aromatic heterocycles. The van der Waals surface area contributed by atoms with Gasteiger partial charge in [0.2, 0.25) is 11.8 Å². The minimum absolute atomic E-state index is 0.00989. The van der Waals surface area contributed by atoms with Crippen LogP contribution in [0.3, 0.4) is 0 Å². The van der Waals surface area contributed by atoms with Crippen LogP contribution in [0.15, 0.2) is 24.3 Å². The highest BCUT2D eigenvalue weighted by molar-refractivity contribution is 6.01. The van der Waals surface area contributed by atoms with E-state index in [2.05, 4.69) is 12.2 Å². The van der Waals surface area contributed by atoms with Crippen molar-refractivity contribution in [3.63, 3.8) is 0 Å². The third-order valence-electron chi connectivity index (χ3n) is 5.23. The maximum atomic E-state index is 12.6. The van der Waals surface area contributed by atoms with Crippen LogP contribution in [0.4, 0.5) is 5.69 Å². The molecule has 0 radical (unpaired) electrons. The van der Waals surface area contributed by atoms with E-state index in [-0.39, 0.29) is 30.2 Å². The smallest absolute Gasteiger partial charge is 0.227 e. The minimum atomic E-state index is -0.278. The number of benzene rings is 1. The number of ether oxygens (including phenoxy) is 1. The predicted molar refractivity (Wildman–Crippen MR) is 97.6 cm³/mol. The fourth-order valence-corrected chi connectivity index (χ4v) is 3.96. The summed E-state index contributed by atoms with van der Waals surface area (Å²) in [5.41, 5.74) is 0.760. The molecule has 3 atom stereocenters. The summed E-state index contributed by atoms with van der Waals surface area (Å²) in [6.45, 7) is 5.13. The van der Waals surface area contributed by atoms with E-state index in [0.717, 1.165) is 18.5 Å². The van der Waals surface area contributed by atoms with Gasteiger partial charge in [0.1, 0.15) is 5.75 Å². The molecule has 1 N–H and O–H groups in total. The Bertz CT molecular complexity index is 631. The first-order chi connectivity index (χ1) is 12.1. The third-order valence-corrected chi connectivity index (χ3v) is 5.23. The largest absolute Gasteiger partial charge is 0.492 e. The molecule has 1 aliphatic heterocycles. The van der Waals surface area contributed by atoms with E-state index in [4.69, 9.17) is 4.74 Å². The van der Waals surface area contributed by atoms with Crippen LogP contribution in [0.5, 0.6) is 5.75 Å². The average Bonchev–Trinajstić information content (AvgIpc) is 2.97. The number of nitrogens with zero attached hydrogens (tertiary/aromatic N) is 1. The topological polar surface area (TPSA) is 58.6 Å². The predicted octanol–water partition coefficient (Wildman–Crippen LogP) is 3.13. The number of nitrogens with one attached hydrogen (secondary N) is 1.